The van der Waals surface area contributed by atoms with E-state index >= 15 is 0 Å². The van der Waals surface area contributed by atoms with Gasteiger partial charge in [0.1, 0.15) is 17.8 Å². The topological polar surface area (TPSA) is 70.6 Å². The standard InChI is InChI=1S/C23H27Cl2N5O2/c1-14-21(26-13-27-22(14)28-17-2-3-19(24)20(25)8-17)23(31)29-6-4-18(5-7-29)30-9-15-11-32-12-16(15)10-30/h2-3,8,13,15-16,18H,4-7,9-12H2,1H3,(H,26,27,28). The molecule has 1 amide bonds. The molecule has 170 valence electrons. The molecule has 0 spiro atoms. The molecule has 1 aromatic heterocycles. The van der Waals surface area contributed by atoms with E-state index in [9.17, 15) is 4.79 Å². The molecule has 3 saturated heterocycles. The number of fused-ring (bicyclic) bond motifs is 1. The Labute approximate surface area is 198 Å². The van der Waals surface area contributed by atoms with E-state index in [1.807, 2.05) is 17.9 Å². The summed E-state index contributed by atoms with van der Waals surface area (Å²) in [5, 5.41) is 4.16. The van der Waals surface area contributed by atoms with Crippen molar-refractivity contribution in [2.75, 3.05) is 44.7 Å². The molecule has 3 aliphatic rings. The molecule has 1 aromatic carbocycles. The van der Waals surface area contributed by atoms with Crippen molar-refractivity contribution in [2.45, 2.75) is 25.8 Å². The van der Waals surface area contributed by atoms with Crippen LogP contribution in [0, 0.1) is 18.8 Å². The Bertz CT molecular complexity index is 1000. The van der Waals surface area contributed by atoms with Crippen LogP contribution >= 0.6 is 23.2 Å². The quantitative estimate of drug-likeness (QED) is 0.719. The van der Waals surface area contributed by atoms with Crippen molar-refractivity contribution in [3.63, 3.8) is 0 Å². The van der Waals surface area contributed by atoms with Gasteiger partial charge in [0.05, 0.1) is 23.3 Å². The van der Waals surface area contributed by atoms with Crippen molar-refractivity contribution in [3.05, 3.63) is 45.8 Å². The van der Waals surface area contributed by atoms with Gasteiger partial charge in [-0.3, -0.25) is 9.69 Å². The van der Waals surface area contributed by atoms with E-state index in [0.29, 0.717) is 39.4 Å². The van der Waals surface area contributed by atoms with Gasteiger partial charge in [0.25, 0.3) is 5.91 Å². The first-order chi connectivity index (χ1) is 15.5. The molecule has 2 atom stereocenters. The van der Waals surface area contributed by atoms with E-state index < -0.39 is 0 Å². The zero-order chi connectivity index (χ0) is 22.2. The molecule has 1 N–H and O–H groups in total. The summed E-state index contributed by atoms with van der Waals surface area (Å²) in [5.41, 5.74) is 1.91. The molecule has 0 bridgehead atoms. The van der Waals surface area contributed by atoms with Crippen molar-refractivity contribution in [3.8, 4) is 0 Å². The average molecular weight is 476 g/mol. The monoisotopic (exact) mass is 475 g/mol. The number of likely N-dealkylation sites (tertiary alicyclic amines) is 2. The Morgan fingerprint density at radius 1 is 1.09 bits per heavy atom. The Morgan fingerprint density at radius 3 is 2.50 bits per heavy atom. The lowest BCUT2D eigenvalue weighted by Gasteiger charge is -2.37. The van der Waals surface area contributed by atoms with Gasteiger partial charge < -0.3 is 15.0 Å². The summed E-state index contributed by atoms with van der Waals surface area (Å²) in [6.07, 6.45) is 3.44. The molecule has 3 fully saturated rings. The fourth-order valence-electron chi connectivity index (χ4n) is 5.11. The van der Waals surface area contributed by atoms with E-state index in [1.54, 1.807) is 12.1 Å². The first kappa shape index (κ1) is 21.9. The van der Waals surface area contributed by atoms with E-state index in [1.165, 1.54) is 6.33 Å². The molecule has 4 heterocycles. The molecule has 2 aromatic rings. The Balaban J connectivity index is 1.23. The largest absolute Gasteiger partial charge is 0.381 e. The molecule has 0 radical (unpaired) electrons. The number of aromatic nitrogens is 2. The SMILES string of the molecule is Cc1c(Nc2ccc(Cl)c(Cl)c2)ncnc1C(=O)N1CCC(N2CC3COCC3C2)CC1. The highest BCUT2D eigenvalue weighted by atomic mass is 35.5. The molecule has 5 rings (SSSR count). The number of ether oxygens (including phenoxy) is 1. The van der Waals surface area contributed by atoms with Crippen LogP contribution in [0.2, 0.25) is 10.0 Å². The summed E-state index contributed by atoms with van der Waals surface area (Å²) >= 11 is 12.1. The zero-order valence-electron chi connectivity index (χ0n) is 18.1. The highest BCUT2D eigenvalue weighted by Crippen LogP contribution is 2.33. The predicted octanol–water partition coefficient (Wildman–Crippen LogP) is 4.02. The number of carbonyl (C=O) groups is 1. The molecule has 0 saturated carbocycles. The molecule has 32 heavy (non-hydrogen) atoms. The van der Waals surface area contributed by atoms with Crippen LogP contribution < -0.4 is 5.32 Å². The summed E-state index contributed by atoms with van der Waals surface area (Å²) < 4.78 is 5.60. The molecule has 2 unspecified atom stereocenters. The number of hydrogen-bond donors (Lipinski definition) is 1. The third-order valence-electron chi connectivity index (χ3n) is 7.01. The van der Waals surface area contributed by atoms with Crippen molar-refractivity contribution in [1.82, 2.24) is 19.8 Å². The number of halogens is 2. The second-order valence-electron chi connectivity index (χ2n) is 8.98. The average Bonchev–Trinajstić information content (AvgIpc) is 3.40. The third kappa shape index (κ3) is 4.31. The number of nitrogens with zero attached hydrogens (tertiary/aromatic N) is 4. The normalized spacial score (nSPS) is 24.0. The second kappa shape index (κ2) is 9.14. The maximum atomic E-state index is 13.3. The Morgan fingerprint density at radius 2 is 1.81 bits per heavy atom. The minimum absolute atomic E-state index is 0.0350. The molecule has 0 aliphatic carbocycles. The lowest BCUT2D eigenvalue weighted by molar-refractivity contribution is 0.0612. The van der Waals surface area contributed by atoms with Gasteiger partial charge in [-0.15, -0.1) is 0 Å². The molecular weight excluding hydrogens is 449 g/mol. The highest BCUT2D eigenvalue weighted by Gasteiger charge is 2.40. The molecule has 9 heteroatoms. The van der Waals surface area contributed by atoms with E-state index in [-0.39, 0.29) is 5.91 Å². The van der Waals surface area contributed by atoms with Crippen molar-refractivity contribution in [2.24, 2.45) is 11.8 Å². The minimum Gasteiger partial charge on any atom is -0.381 e. The number of benzene rings is 1. The van der Waals surface area contributed by atoms with Gasteiger partial charge in [-0.05, 0) is 38.0 Å². The summed E-state index contributed by atoms with van der Waals surface area (Å²) in [6.45, 7) is 7.46. The number of piperidine rings is 1. The zero-order valence-corrected chi connectivity index (χ0v) is 19.6. The van der Waals surface area contributed by atoms with Gasteiger partial charge in [0.2, 0.25) is 0 Å². The first-order valence-corrected chi connectivity index (χ1v) is 11.9. The fourth-order valence-corrected chi connectivity index (χ4v) is 5.41. The molecule has 7 nitrogen and oxygen atoms in total. The number of carbonyl (C=O) groups excluding carboxylic acids is 1. The Kier molecular flexibility index (Phi) is 6.25. The molecular formula is C23H27Cl2N5O2. The number of rotatable bonds is 4. The van der Waals surface area contributed by atoms with Gasteiger partial charge in [0.15, 0.2) is 0 Å². The second-order valence-corrected chi connectivity index (χ2v) is 9.80. The van der Waals surface area contributed by atoms with E-state index in [2.05, 4.69) is 20.2 Å². The lowest BCUT2D eigenvalue weighted by atomic mass is 10.0. The summed E-state index contributed by atoms with van der Waals surface area (Å²) in [4.78, 5) is 26.4. The van der Waals surface area contributed by atoms with Crippen LogP contribution in [0.4, 0.5) is 11.5 Å². The number of nitrogens with one attached hydrogen (secondary N) is 1. The van der Waals surface area contributed by atoms with Crippen LogP contribution in [0.5, 0.6) is 0 Å². The number of anilines is 2. The summed E-state index contributed by atoms with van der Waals surface area (Å²) in [5.74, 6) is 1.94. The molecule has 3 aliphatic heterocycles. The van der Waals surface area contributed by atoms with Crippen LogP contribution in [-0.4, -0.2) is 71.1 Å². The van der Waals surface area contributed by atoms with Crippen molar-refractivity contribution >= 4 is 40.6 Å². The smallest absolute Gasteiger partial charge is 0.272 e. The van der Waals surface area contributed by atoms with Crippen molar-refractivity contribution in [1.29, 1.82) is 0 Å². The van der Waals surface area contributed by atoms with Crippen LogP contribution in [0.15, 0.2) is 24.5 Å². The summed E-state index contributed by atoms with van der Waals surface area (Å²) in [7, 11) is 0. The fraction of sp³-hybridized carbons (Fsp3) is 0.522. The van der Waals surface area contributed by atoms with Crippen molar-refractivity contribution < 1.29 is 9.53 Å². The first-order valence-electron chi connectivity index (χ1n) is 11.1. The van der Waals surface area contributed by atoms with Crippen LogP contribution in [0.3, 0.4) is 0 Å². The maximum Gasteiger partial charge on any atom is 0.272 e. The highest BCUT2D eigenvalue weighted by molar-refractivity contribution is 6.42. The van der Waals surface area contributed by atoms with Crippen LogP contribution in [0.1, 0.15) is 28.9 Å². The van der Waals surface area contributed by atoms with Gasteiger partial charge in [-0.1, -0.05) is 23.2 Å². The van der Waals surface area contributed by atoms with Crippen LogP contribution in [0.25, 0.3) is 0 Å². The van der Waals surface area contributed by atoms with Crippen LogP contribution in [-0.2, 0) is 4.74 Å². The predicted molar refractivity (Wildman–Crippen MR) is 125 cm³/mol. The third-order valence-corrected chi connectivity index (χ3v) is 7.74. The van der Waals surface area contributed by atoms with Gasteiger partial charge in [-0.2, -0.15) is 0 Å². The minimum atomic E-state index is -0.0350. The summed E-state index contributed by atoms with van der Waals surface area (Å²) in [6, 6.07) is 5.83. The van der Waals surface area contributed by atoms with Gasteiger partial charge in [-0.25, -0.2) is 9.97 Å². The maximum absolute atomic E-state index is 13.3. The Hall–Kier alpha value is -1.93. The number of amides is 1. The van der Waals surface area contributed by atoms with E-state index in [4.69, 9.17) is 27.9 Å². The van der Waals surface area contributed by atoms with E-state index in [0.717, 1.165) is 63.5 Å². The van der Waals surface area contributed by atoms with Gasteiger partial charge in [0, 0.05) is 55.3 Å². The number of hydrogen-bond acceptors (Lipinski definition) is 6. The lowest BCUT2D eigenvalue weighted by Crippen LogP contribution is -2.46. The van der Waals surface area contributed by atoms with Gasteiger partial charge >= 0.3 is 0 Å².